The molecule has 0 atom stereocenters. The maximum atomic E-state index is 12.5. The van der Waals surface area contributed by atoms with Crippen LogP contribution < -0.4 is 11.1 Å². The Hall–Kier alpha value is -1.81. The highest BCUT2D eigenvalue weighted by Gasteiger charge is 2.51. The van der Waals surface area contributed by atoms with Crippen LogP contribution in [0.15, 0.2) is 35.0 Å². The van der Waals surface area contributed by atoms with E-state index in [9.17, 15) is 4.79 Å². The lowest BCUT2D eigenvalue weighted by Gasteiger charge is -2.16. The highest BCUT2D eigenvalue weighted by Crippen LogP contribution is 2.48. The Morgan fingerprint density at radius 2 is 2.00 bits per heavy atom. The van der Waals surface area contributed by atoms with Crippen LogP contribution in [0, 0.1) is 6.92 Å². The number of carbonyl (C=O) groups is 1. The molecule has 0 unspecified atom stereocenters. The van der Waals surface area contributed by atoms with E-state index >= 15 is 0 Å². The number of hydrogen-bond acceptors (Lipinski definition) is 3. The second-order valence-electron chi connectivity index (χ2n) is 5.47. The normalized spacial score (nSPS) is 15.8. The molecule has 1 heterocycles. The third kappa shape index (κ3) is 2.31. The Labute approximate surface area is 122 Å². The van der Waals surface area contributed by atoms with Gasteiger partial charge in [0.25, 0.3) is 0 Å². The molecule has 0 radical (unpaired) electrons. The molecule has 1 amide bonds. The van der Waals surface area contributed by atoms with Crippen LogP contribution in [-0.4, -0.2) is 5.91 Å². The van der Waals surface area contributed by atoms with Gasteiger partial charge in [-0.05, 0) is 59.3 Å². The molecule has 3 N–H and O–H groups in total. The van der Waals surface area contributed by atoms with Gasteiger partial charge in [-0.15, -0.1) is 0 Å². The molecule has 20 heavy (non-hydrogen) atoms. The first-order valence-corrected chi connectivity index (χ1v) is 7.72. The second-order valence-corrected chi connectivity index (χ2v) is 6.21. The lowest BCUT2D eigenvalue weighted by atomic mass is 9.94. The van der Waals surface area contributed by atoms with Crippen LogP contribution in [0.3, 0.4) is 0 Å². The number of anilines is 1. The molecule has 3 nitrogen and oxygen atoms in total. The zero-order valence-corrected chi connectivity index (χ0v) is 12.3. The number of nitrogen functional groups attached to an aromatic ring is 1. The van der Waals surface area contributed by atoms with E-state index in [2.05, 4.69) is 23.0 Å². The maximum absolute atomic E-state index is 12.5. The highest BCUT2D eigenvalue weighted by molar-refractivity contribution is 7.08. The average molecular weight is 286 g/mol. The monoisotopic (exact) mass is 286 g/mol. The van der Waals surface area contributed by atoms with Gasteiger partial charge in [0.1, 0.15) is 0 Å². The summed E-state index contributed by atoms with van der Waals surface area (Å²) >= 11 is 1.67. The molecule has 0 saturated heterocycles. The first-order valence-electron chi connectivity index (χ1n) is 6.78. The Morgan fingerprint density at radius 3 is 2.55 bits per heavy atom. The summed E-state index contributed by atoms with van der Waals surface area (Å²) in [7, 11) is 0. The summed E-state index contributed by atoms with van der Waals surface area (Å²) in [6, 6.07) is 7.67. The third-order valence-electron chi connectivity index (χ3n) is 4.05. The van der Waals surface area contributed by atoms with Gasteiger partial charge in [-0.25, -0.2) is 0 Å². The van der Waals surface area contributed by atoms with Gasteiger partial charge in [0.05, 0.1) is 5.41 Å². The summed E-state index contributed by atoms with van der Waals surface area (Å²) in [5.41, 5.74) is 9.64. The van der Waals surface area contributed by atoms with Crippen molar-refractivity contribution in [3.8, 4) is 0 Å². The van der Waals surface area contributed by atoms with Crippen molar-refractivity contribution in [2.75, 3.05) is 5.73 Å². The Bertz CT molecular complexity index is 626. The van der Waals surface area contributed by atoms with Gasteiger partial charge in [0.2, 0.25) is 5.91 Å². The lowest BCUT2D eigenvalue weighted by molar-refractivity contribution is -0.123. The van der Waals surface area contributed by atoms with Crippen LogP contribution in [-0.2, 0) is 16.8 Å². The quantitative estimate of drug-likeness (QED) is 0.849. The number of carbonyl (C=O) groups excluding carboxylic acids is 1. The zero-order valence-electron chi connectivity index (χ0n) is 11.5. The van der Waals surface area contributed by atoms with Crippen LogP contribution in [0.4, 0.5) is 5.69 Å². The van der Waals surface area contributed by atoms with E-state index < -0.39 is 0 Å². The van der Waals surface area contributed by atoms with E-state index in [0.717, 1.165) is 24.1 Å². The number of amides is 1. The minimum Gasteiger partial charge on any atom is -0.399 e. The first-order chi connectivity index (χ1) is 9.62. The molecule has 104 valence electrons. The van der Waals surface area contributed by atoms with Crippen molar-refractivity contribution >= 4 is 22.9 Å². The predicted molar refractivity (Wildman–Crippen MR) is 82.7 cm³/mol. The van der Waals surface area contributed by atoms with Gasteiger partial charge in [-0.2, -0.15) is 11.3 Å². The molecule has 3 rings (SSSR count). The van der Waals surface area contributed by atoms with Crippen LogP contribution in [0.5, 0.6) is 0 Å². The molecule has 1 aromatic heterocycles. The molecule has 0 bridgehead atoms. The van der Waals surface area contributed by atoms with E-state index in [-0.39, 0.29) is 11.3 Å². The van der Waals surface area contributed by atoms with Crippen LogP contribution in [0.1, 0.15) is 29.5 Å². The summed E-state index contributed by atoms with van der Waals surface area (Å²) < 4.78 is 0. The van der Waals surface area contributed by atoms with Crippen LogP contribution in [0.25, 0.3) is 0 Å². The van der Waals surface area contributed by atoms with E-state index in [1.165, 1.54) is 11.1 Å². The molecule has 0 spiro atoms. The van der Waals surface area contributed by atoms with Crippen molar-refractivity contribution < 1.29 is 4.79 Å². The molecule has 1 fully saturated rings. The molecular weight excluding hydrogens is 268 g/mol. The maximum Gasteiger partial charge on any atom is 0.230 e. The molecule has 4 heteroatoms. The number of rotatable bonds is 4. The van der Waals surface area contributed by atoms with Crippen molar-refractivity contribution in [1.82, 2.24) is 5.32 Å². The van der Waals surface area contributed by atoms with E-state index in [0.29, 0.717) is 6.54 Å². The van der Waals surface area contributed by atoms with Crippen LogP contribution >= 0.6 is 11.3 Å². The summed E-state index contributed by atoms with van der Waals surface area (Å²) in [4.78, 5) is 12.5. The standard InChI is InChI=1S/C16H18N2OS/c1-11-9-20-10-12(11)8-18-15(19)16(6-7-16)13-2-4-14(17)5-3-13/h2-5,9-10H,6-8,17H2,1H3,(H,18,19). The Kier molecular flexibility index (Phi) is 3.26. The number of benzene rings is 1. The van der Waals surface area contributed by atoms with Crippen molar-refractivity contribution in [1.29, 1.82) is 0 Å². The second kappa shape index (κ2) is 4.94. The summed E-state index contributed by atoms with van der Waals surface area (Å²) in [6.45, 7) is 2.69. The summed E-state index contributed by atoms with van der Waals surface area (Å²) in [5, 5.41) is 7.28. The van der Waals surface area contributed by atoms with Gasteiger partial charge in [-0.3, -0.25) is 4.79 Å². The Balaban J connectivity index is 1.70. The van der Waals surface area contributed by atoms with Gasteiger partial charge in [-0.1, -0.05) is 12.1 Å². The number of nitrogens with two attached hydrogens (primary N) is 1. The van der Waals surface area contributed by atoms with Gasteiger partial charge in [0, 0.05) is 12.2 Å². The smallest absolute Gasteiger partial charge is 0.230 e. The third-order valence-corrected chi connectivity index (χ3v) is 4.96. The molecular formula is C16H18N2OS. The van der Waals surface area contributed by atoms with Crippen molar-refractivity contribution in [2.24, 2.45) is 0 Å². The molecule has 2 aromatic rings. The fraction of sp³-hybridized carbons (Fsp3) is 0.312. The van der Waals surface area contributed by atoms with Crippen molar-refractivity contribution in [3.05, 3.63) is 51.7 Å². The van der Waals surface area contributed by atoms with Crippen molar-refractivity contribution in [2.45, 2.75) is 31.7 Å². The average Bonchev–Trinajstić information content (AvgIpc) is 3.15. The Morgan fingerprint density at radius 1 is 1.30 bits per heavy atom. The number of hydrogen-bond donors (Lipinski definition) is 2. The van der Waals surface area contributed by atoms with Crippen LogP contribution in [0.2, 0.25) is 0 Å². The van der Waals surface area contributed by atoms with Gasteiger partial charge < -0.3 is 11.1 Å². The SMILES string of the molecule is Cc1cscc1CNC(=O)C1(c2ccc(N)cc2)CC1. The molecule has 1 aromatic carbocycles. The van der Waals surface area contributed by atoms with Gasteiger partial charge >= 0.3 is 0 Å². The van der Waals surface area contributed by atoms with E-state index in [1.807, 2.05) is 24.3 Å². The van der Waals surface area contributed by atoms with Crippen molar-refractivity contribution in [3.63, 3.8) is 0 Å². The summed E-state index contributed by atoms with van der Waals surface area (Å²) in [6.07, 6.45) is 1.84. The number of aryl methyl sites for hydroxylation is 1. The first kappa shape index (κ1) is 13.2. The largest absolute Gasteiger partial charge is 0.399 e. The fourth-order valence-electron chi connectivity index (χ4n) is 2.49. The topological polar surface area (TPSA) is 55.1 Å². The number of nitrogens with one attached hydrogen (secondary N) is 1. The lowest BCUT2D eigenvalue weighted by Crippen LogP contribution is -2.34. The highest BCUT2D eigenvalue weighted by atomic mass is 32.1. The molecule has 1 aliphatic carbocycles. The summed E-state index contributed by atoms with van der Waals surface area (Å²) in [5.74, 6) is 0.132. The minimum absolute atomic E-state index is 0.132. The zero-order chi connectivity index (χ0) is 14.2. The molecule has 1 aliphatic rings. The number of thiophene rings is 1. The van der Waals surface area contributed by atoms with Gasteiger partial charge in [0.15, 0.2) is 0 Å². The predicted octanol–water partition coefficient (Wildman–Crippen LogP) is 2.99. The fourth-order valence-corrected chi connectivity index (χ4v) is 3.34. The van der Waals surface area contributed by atoms with E-state index in [4.69, 9.17) is 5.73 Å². The molecule has 1 saturated carbocycles. The molecule has 0 aliphatic heterocycles. The van der Waals surface area contributed by atoms with E-state index in [1.54, 1.807) is 11.3 Å². The minimum atomic E-state index is -0.322.